The van der Waals surface area contributed by atoms with Crippen LogP contribution in [0.15, 0.2) is 28.7 Å². The minimum atomic E-state index is 0.937. The summed E-state index contributed by atoms with van der Waals surface area (Å²) in [6.45, 7) is 4.68. The molecule has 1 fully saturated rings. The topological polar surface area (TPSA) is 24.1 Å². The highest BCUT2D eigenvalue weighted by Gasteiger charge is 2.11. The van der Waals surface area contributed by atoms with Gasteiger partial charge in [0.25, 0.3) is 0 Å². The predicted octanol–water partition coefficient (Wildman–Crippen LogP) is 2.97. The fourth-order valence-corrected chi connectivity index (χ4v) is 2.75. The van der Waals surface area contributed by atoms with E-state index in [-0.39, 0.29) is 0 Å². The van der Waals surface area contributed by atoms with Crippen molar-refractivity contribution in [3.05, 3.63) is 34.3 Å². The lowest BCUT2D eigenvalue weighted by Crippen LogP contribution is -2.30. The lowest BCUT2D eigenvalue weighted by atomic mass is 9.95. The van der Waals surface area contributed by atoms with Crippen molar-refractivity contribution in [2.75, 3.05) is 26.2 Å². The van der Waals surface area contributed by atoms with E-state index >= 15 is 0 Å². The van der Waals surface area contributed by atoms with Gasteiger partial charge in [-0.1, -0.05) is 28.1 Å². The van der Waals surface area contributed by atoms with Crippen LogP contribution in [0.5, 0.6) is 0 Å². The highest BCUT2D eigenvalue weighted by molar-refractivity contribution is 9.10. The Morgan fingerprint density at radius 3 is 2.56 bits per heavy atom. The van der Waals surface area contributed by atoms with Crippen molar-refractivity contribution < 1.29 is 0 Å². The predicted molar refractivity (Wildman–Crippen MR) is 80.9 cm³/mol. The van der Waals surface area contributed by atoms with Gasteiger partial charge in [0.1, 0.15) is 0 Å². The Labute approximate surface area is 119 Å². The maximum atomic E-state index is 3.56. The van der Waals surface area contributed by atoms with Gasteiger partial charge in [-0.2, -0.15) is 0 Å². The third-order valence-electron chi connectivity index (χ3n) is 3.69. The Morgan fingerprint density at radius 1 is 1.11 bits per heavy atom. The number of hydrogen-bond acceptors (Lipinski definition) is 2. The molecule has 1 aliphatic heterocycles. The minimum absolute atomic E-state index is 0.937. The van der Waals surface area contributed by atoms with Gasteiger partial charge in [-0.15, -0.1) is 0 Å². The molecule has 3 heteroatoms. The van der Waals surface area contributed by atoms with E-state index in [0.29, 0.717) is 0 Å². The van der Waals surface area contributed by atoms with Crippen molar-refractivity contribution in [2.24, 2.45) is 5.92 Å². The van der Waals surface area contributed by atoms with Gasteiger partial charge in [-0.3, -0.25) is 0 Å². The number of benzene rings is 1. The molecule has 2 nitrogen and oxygen atoms in total. The van der Waals surface area contributed by atoms with Crippen LogP contribution in [0.25, 0.3) is 0 Å². The second kappa shape index (κ2) is 7.93. The Morgan fingerprint density at radius 2 is 1.83 bits per heavy atom. The molecule has 1 aromatic rings. The molecule has 18 heavy (non-hydrogen) atoms. The smallest absolute Gasteiger partial charge is 0.0175 e. The molecule has 100 valence electrons. The van der Waals surface area contributed by atoms with E-state index in [1.165, 1.54) is 44.5 Å². The van der Waals surface area contributed by atoms with E-state index in [4.69, 9.17) is 0 Å². The molecule has 0 amide bonds. The van der Waals surface area contributed by atoms with Crippen LogP contribution >= 0.6 is 15.9 Å². The summed E-state index contributed by atoms with van der Waals surface area (Å²) in [4.78, 5) is 0. The Kier molecular flexibility index (Phi) is 6.18. The van der Waals surface area contributed by atoms with Crippen LogP contribution in [0, 0.1) is 5.92 Å². The van der Waals surface area contributed by atoms with E-state index in [2.05, 4.69) is 50.8 Å². The van der Waals surface area contributed by atoms with Gasteiger partial charge in [0.05, 0.1) is 0 Å². The summed E-state index contributed by atoms with van der Waals surface area (Å²) < 4.78 is 1.16. The third-order valence-corrected chi connectivity index (χ3v) is 4.22. The van der Waals surface area contributed by atoms with E-state index in [9.17, 15) is 0 Å². The monoisotopic (exact) mass is 310 g/mol. The minimum Gasteiger partial charge on any atom is -0.317 e. The first-order valence-electron chi connectivity index (χ1n) is 7.00. The van der Waals surface area contributed by atoms with Gasteiger partial charge in [0.2, 0.25) is 0 Å². The van der Waals surface area contributed by atoms with E-state index < -0.39 is 0 Å². The first kappa shape index (κ1) is 14.0. The maximum absolute atomic E-state index is 3.56. The maximum Gasteiger partial charge on any atom is 0.0175 e. The van der Waals surface area contributed by atoms with Crippen molar-refractivity contribution >= 4 is 15.9 Å². The van der Waals surface area contributed by atoms with Crippen molar-refractivity contribution in [3.63, 3.8) is 0 Å². The van der Waals surface area contributed by atoms with Crippen molar-refractivity contribution in [1.29, 1.82) is 0 Å². The van der Waals surface area contributed by atoms with E-state index in [0.717, 1.165) is 23.4 Å². The number of piperidine rings is 1. The number of halogens is 1. The van der Waals surface area contributed by atoms with Crippen LogP contribution < -0.4 is 10.6 Å². The summed E-state index contributed by atoms with van der Waals surface area (Å²) in [6, 6.07) is 8.62. The molecule has 1 saturated heterocycles. The first-order chi connectivity index (χ1) is 8.84. The van der Waals surface area contributed by atoms with Crippen LogP contribution in [-0.4, -0.2) is 26.2 Å². The van der Waals surface area contributed by atoms with Crippen LogP contribution in [0.2, 0.25) is 0 Å². The number of hydrogen-bond donors (Lipinski definition) is 2. The quantitative estimate of drug-likeness (QED) is 0.789. The zero-order valence-corrected chi connectivity index (χ0v) is 12.5. The van der Waals surface area contributed by atoms with E-state index in [1.54, 1.807) is 0 Å². The summed E-state index contributed by atoms with van der Waals surface area (Å²) >= 11 is 3.46. The molecule has 2 rings (SSSR count). The van der Waals surface area contributed by atoms with Crippen LogP contribution in [0.1, 0.15) is 24.8 Å². The Hall–Kier alpha value is -0.380. The van der Waals surface area contributed by atoms with Crippen LogP contribution in [0.3, 0.4) is 0 Å². The zero-order valence-electron chi connectivity index (χ0n) is 10.9. The summed E-state index contributed by atoms with van der Waals surface area (Å²) in [5.41, 5.74) is 1.41. The van der Waals surface area contributed by atoms with Gasteiger partial charge >= 0.3 is 0 Å². The SMILES string of the molecule is Brc1ccc(CCNCCC2CCNCC2)cc1. The molecule has 1 aliphatic rings. The van der Waals surface area contributed by atoms with Gasteiger partial charge in [-0.05, 0) is 75.5 Å². The summed E-state index contributed by atoms with van der Waals surface area (Å²) in [7, 11) is 0. The molecule has 0 bridgehead atoms. The Balaban J connectivity index is 1.54. The molecule has 0 atom stereocenters. The van der Waals surface area contributed by atoms with Gasteiger partial charge in [0.15, 0.2) is 0 Å². The molecule has 0 spiro atoms. The third kappa shape index (κ3) is 5.09. The van der Waals surface area contributed by atoms with Gasteiger partial charge in [0, 0.05) is 4.47 Å². The fraction of sp³-hybridized carbons (Fsp3) is 0.600. The first-order valence-corrected chi connectivity index (χ1v) is 7.80. The lowest BCUT2D eigenvalue weighted by molar-refractivity contribution is 0.349. The number of rotatable bonds is 6. The second-order valence-electron chi connectivity index (χ2n) is 5.11. The standard InChI is InChI=1S/C15H23BrN2/c16-15-3-1-13(2-4-15)5-9-17-10-6-14-7-11-18-12-8-14/h1-4,14,17-18H,5-12H2. The molecule has 0 unspecified atom stereocenters. The molecule has 0 aromatic heterocycles. The molecule has 0 aliphatic carbocycles. The molecule has 2 N–H and O–H groups in total. The average Bonchev–Trinajstić information content (AvgIpc) is 2.42. The van der Waals surface area contributed by atoms with E-state index in [1.807, 2.05) is 0 Å². The van der Waals surface area contributed by atoms with Crippen LogP contribution in [-0.2, 0) is 6.42 Å². The van der Waals surface area contributed by atoms with Crippen molar-refractivity contribution in [2.45, 2.75) is 25.7 Å². The normalized spacial score (nSPS) is 16.9. The molecule has 1 aromatic carbocycles. The van der Waals surface area contributed by atoms with Crippen molar-refractivity contribution in [1.82, 2.24) is 10.6 Å². The molecule has 1 heterocycles. The molecule has 0 radical (unpaired) electrons. The average molecular weight is 311 g/mol. The highest BCUT2D eigenvalue weighted by atomic mass is 79.9. The molecular weight excluding hydrogens is 288 g/mol. The van der Waals surface area contributed by atoms with Gasteiger partial charge in [-0.25, -0.2) is 0 Å². The van der Waals surface area contributed by atoms with Crippen LogP contribution in [0.4, 0.5) is 0 Å². The summed E-state index contributed by atoms with van der Waals surface area (Å²) in [5, 5.41) is 6.98. The van der Waals surface area contributed by atoms with Gasteiger partial charge < -0.3 is 10.6 Å². The van der Waals surface area contributed by atoms with Crippen molar-refractivity contribution in [3.8, 4) is 0 Å². The Bertz CT molecular complexity index is 331. The number of nitrogens with one attached hydrogen (secondary N) is 2. The lowest BCUT2D eigenvalue weighted by Gasteiger charge is -2.22. The summed E-state index contributed by atoms with van der Waals surface area (Å²) in [5.74, 6) is 0.937. The second-order valence-corrected chi connectivity index (χ2v) is 6.02. The fourth-order valence-electron chi connectivity index (χ4n) is 2.49. The molecule has 0 saturated carbocycles. The largest absolute Gasteiger partial charge is 0.317 e. The summed E-state index contributed by atoms with van der Waals surface area (Å²) in [6.07, 6.45) is 5.17. The highest BCUT2D eigenvalue weighted by Crippen LogP contribution is 2.14. The molecular formula is C15H23BrN2. The zero-order chi connectivity index (χ0) is 12.6.